The molecule has 1 aromatic heterocycles. The molecule has 0 fully saturated rings. The van der Waals surface area contributed by atoms with Crippen LogP contribution in [0.4, 0.5) is 0 Å². The molecule has 1 atom stereocenters. The number of nitrogens with zero attached hydrogens (tertiary/aromatic N) is 1. The van der Waals surface area contributed by atoms with Crippen molar-refractivity contribution in [2.24, 2.45) is 5.73 Å². The Hall–Kier alpha value is -1.15. The Morgan fingerprint density at radius 3 is 2.91 bits per heavy atom. The maximum Gasteiger partial charge on any atom is 0.0579 e. The molecule has 2 N–H and O–H groups in total. The number of hydrogen-bond acceptors (Lipinski definition) is 2. The van der Waals surface area contributed by atoms with Gasteiger partial charge in [0.15, 0.2) is 0 Å². The topological polar surface area (TPSA) is 38.9 Å². The lowest BCUT2D eigenvalue weighted by molar-refractivity contribution is 0.628. The molecule has 0 aliphatic rings. The average Bonchev–Trinajstić information content (AvgIpc) is 2.06. The molecular weight excluding hydrogens is 136 g/mol. The van der Waals surface area contributed by atoms with Crippen molar-refractivity contribution in [2.75, 3.05) is 0 Å². The van der Waals surface area contributed by atoms with Crippen molar-refractivity contribution >= 4 is 0 Å². The zero-order valence-electron chi connectivity index (χ0n) is 6.62. The number of pyridine rings is 1. The summed E-state index contributed by atoms with van der Waals surface area (Å²) in [5, 5.41) is 0. The summed E-state index contributed by atoms with van der Waals surface area (Å²) in [4.78, 5) is 3.97. The standard InChI is InChI=1S/C9H12N2/c1-3-9(2,10)8-5-4-6-11-7-8/h3-7H,1,10H2,2H3/t9-/m1/s1. The molecule has 0 saturated carbocycles. The van der Waals surface area contributed by atoms with Gasteiger partial charge >= 0.3 is 0 Å². The lowest BCUT2D eigenvalue weighted by Crippen LogP contribution is -2.29. The van der Waals surface area contributed by atoms with Crippen LogP contribution in [0.5, 0.6) is 0 Å². The fourth-order valence-electron chi connectivity index (χ4n) is 0.799. The van der Waals surface area contributed by atoms with Crippen LogP contribution in [-0.4, -0.2) is 4.98 Å². The molecule has 0 aliphatic heterocycles. The van der Waals surface area contributed by atoms with Crippen molar-refractivity contribution in [2.45, 2.75) is 12.5 Å². The van der Waals surface area contributed by atoms with Crippen molar-refractivity contribution in [1.29, 1.82) is 0 Å². The van der Waals surface area contributed by atoms with Crippen LogP contribution in [0.1, 0.15) is 12.5 Å². The number of rotatable bonds is 2. The van der Waals surface area contributed by atoms with Crippen LogP contribution in [0.3, 0.4) is 0 Å². The quantitative estimate of drug-likeness (QED) is 0.644. The first-order valence-corrected chi connectivity index (χ1v) is 3.50. The third-order valence-corrected chi connectivity index (χ3v) is 1.71. The lowest BCUT2D eigenvalue weighted by Gasteiger charge is -2.19. The zero-order chi connectivity index (χ0) is 8.32. The van der Waals surface area contributed by atoms with Crippen molar-refractivity contribution in [3.8, 4) is 0 Å². The summed E-state index contributed by atoms with van der Waals surface area (Å²) >= 11 is 0. The van der Waals surface area contributed by atoms with Gasteiger partial charge in [-0.05, 0) is 18.6 Å². The monoisotopic (exact) mass is 148 g/mol. The fourth-order valence-corrected chi connectivity index (χ4v) is 0.799. The molecule has 1 aromatic rings. The minimum atomic E-state index is -0.464. The first-order valence-electron chi connectivity index (χ1n) is 3.50. The van der Waals surface area contributed by atoms with Crippen LogP contribution in [-0.2, 0) is 5.54 Å². The van der Waals surface area contributed by atoms with Gasteiger partial charge in [0.2, 0.25) is 0 Å². The van der Waals surface area contributed by atoms with Crippen LogP contribution in [0.2, 0.25) is 0 Å². The number of aromatic nitrogens is 1. The van der Waals surface area contributed by atoms with E-state index in [1.54, 1.807) is 18.5 Å². The molecule has 0 amide bonds. The predicted molar refractivity (Wildman–Crippen MR) is 46.0 cm³/mol. The van der Waals surface area contributed by atoms with E-state index >= 15 is 0 Å². The Bertz CT molecular complexity index is 239. The highest BCUT2D eigenvalue weighted by molar-refractivity contribution is 5.23. The Kier molecular flexibility index (Phi) is 2.06. The van der Waals surface area contributed by atoms with E-state index in [9.17, 15) is 0 Å². The molecule has 0 saturated heterocycles. The van der Waals surface area contributed by atoms with Gasteiger partial charge < -0.3 is 5.73 Å². The van der Waals surface area contributed by atoms with Gasteiger partial charge in [-0.2, -0.15) is 0 Å². The molecule has 0 aliphatic carbocycles. The molecule has 11 heavy (non-hydrogen) atoms. The molecule has 2 nitrogen and oxygen atoms in total. The SMILES string of the molecule is C=C[C@@](C)(N)c1cccnc1. The third kappa shape index (κ3) is 1.65. The second kappa shape index (κ2) is 2.84. The molecule has 0 bridgehead atoms. The normalized spacial score (nSPS) is 15.5. The van der Waals surface area contributed by atoms with Crippen LogP contribution >= 0.6 is 0 Å². The van der Waals surface area contributed by atoms with Gasteiger partial charge in [0, 0.05) is 12.4 Å². The third-order valence-electron chi connectivity index (χ3n) is 1.71. The predicted octanol–water partition coefficient (Wildman–Crippen LogP) is 1.44. The van der Waals surface area contributed by atoms with Crippen LogP contribution in [0.15, 0.2) is 37.2 Å². The molecule has 58 valence electrons. The Balaban J connectivity index is 3.02. The number of hydrogen-bond donors (Lipinski definition) is 1. The summed E-state index contributed by atoms with van der Waals surface area (Å²) in [6, 6.07) is 3.80. The van der Waals surface area contributed by atoms with Gasteiger partial charge in [-0.15, -0.1) is 6.58 Å². The van der Waals surface area contributed by atoms with E-state index in [-0.39, 0.29) is 0 Å². The van der Waals surface area contributed by atoms with Crippen molar-refractivity contribution in [3.63, 3.8) is 0 Å². The summed E-state index contributed by atoms with van der Waals surface area (Å²) in [5.74, 6) is 0. The van der Waals surface area contributed by atoms with Gasteiger partial charge in [0.25, 0.3) is 0 Å². The Labute approximate surface area is 66.8 Å². The minimum Gasteiger partial charge on any atom is -0.318 e. The van der Waals surface area contributed by atoms with Crippen LogP contribution < -0.4 is 5.73 Å². The lowest BCUT2D eigenvalue weighted by atomic mass is 9.95. The number of nitrogens with two attached hydrogens (primary N) is 1. The van der Waals surface area contributed by atoms with E-state index in [0.717, 1.165) is 5.56 Å². The van der Waals surface area contributed by atoms with Gasteiger partial charge in [0.1, 0.15) is 0 Å². The molecule has 0 unspecified atom stereocenters. The Morgan fingerprint density at radius 1 is 1.73 bits per heavy atom. The molecule has 2 heteroatoms. The summed E-state index contributed by atoms with van der Waals surface area (Å²) < 4.78 is 0. The first-order chi connectivity index (χ1) is 5.17. The molecular formula is C9H12N2. The average molecular weight is 148 g/mol. The molecule has 0 aromatic carbocycles. The highest BCUT2D eigenvalue weighted by Gasteiger charge is 2.15. The van der Waals surface area contributed by atoms with Gasteiger partial charge in [0.05, 0.1) is 5.54 Å². The van der Waals surface area contributed by atoms with E-state index in [2.05, 4.69) is 11.6 Å². The van der Waals surface area contributed by atoms with Crippen molar-refractivity contribution < 1.29 is 0 Å². The Morgan fingerprint density at radius 2 is 2.45 bits per heavy atom. The van der Waals surface area contributed by atoms with E-state index in [1.165, 1.54) is 0 Å². The largest absolute Gasteiger partial charge is 0.318 e. The van der Waals surface area contributed by atoms with E-state index < -0.39 is 5.54 Å². The minimum absolute atomic E-state index is 0.464. The van der Waals surface area contributed by atoms with Crippen molar-refractivity contribution in [3.05, 3.63) is 42.7 Å². The fraction of sp³-hybridized carbons (Fsp3) is 0.222. The second-order valence-electron chi connectivity index (χ2n) is 2.73. The van der Waals surface area contributed by atoms with Crippen molar-refractivity contribution in [1.82, 2.24) is 4.98 Å². The summed E-state index contributed by atoms with van der Waals surface area (Å²) in [7, 11) is 0. The molecule has 0 radical (unpaired) electrons. The molecule has 1 rings (SSSR count). The van der Waals surface area contributed by atoms with Crippen LogP contribution in [0.25, 0.3) is 0 Å². The highest BCUT2D eigenvalue weighted by Crippen LogP contribution is 2.16. The summed E-state index contributed by atoms with van der Waals surface area (Å²) in [6.07, 6.45) is 5.19. The smallest absolute Gasteiger partial charge is 0.0579 e. The summed E-state index contributed by atoms with van der Waals surface area (Å²) in [5.41, 5.74) is 6.40. The summed E-state index contributed by atoms with van der Waals surface area (Å²) in [6.45, 7) is 5.56. The highest BCUT2D eigenvalue weighted by atomic mass is 14.7. The van der Waals surface area contributed by atoms with E-state index in [1.807, 2.05) is 19.1 Å². The molecule has 0 spiro atoms. The maximum absolute atomic E-state index is 5.88. The van der Waals surface area contributed by atoms with Crippen LogP contribution in [0, 0.1) is 0 Å². The maximum atomic E-state index is 5.88. The van der Waals surface area contributed by atoms with Gasteiger partial charge in [-0.3, -0.25) is 4.98 Å². The molecule has 1 heterocycles. The first kappa shape index (κ1) is 7.95. The zero-order valence-corrected chi connectivity index (χ0v) is 6.62. The second-order valence-corrected chi connectivity index (χ2v) is 2.73. The van der Waals surface area contributed by atoms with E-state index in [4.69, 9.17) is 5.73 Å². The van der Waals surface area contributed by atoms with E-state index in [0.29, 0.717) is 0 Å². The van der Waals surface area contributed by atoms with Gasteiger partial charge in [-0.1, -0.05) is 12.1 Å². The van der Waals surface area contributed by atoms with Gasteiger partial charge in [-0.25, -0.2) is 0 Å².